The number of carbonyl (C=O) groups excluding carboxylic acids is 2. The van der Waals surface area contributed by atoms with Gasteiger partial charge in [0.25, 0.3) is 0 Å². The first-order chi connectivity index (χ1) is 16.1. The van der Waals surface area contributed by atoms with Gasteiger partial charge in [-0.05, 0) is 57.7 Å². The predicted molar refractivity (Wildman–Crippen MR) is 131 cm³/mol. The summed E-state index contributed by atoms with van der Waals surface area (Å²) in [5.41, 5.74) is 1.10. The van der Waals surface area contributed by atoms with Crippen molar-refractivity contribution in [1.29, 1.82) is 0 Å². The predicted octanol–water partition coefficient (Wildman–Crippen LogP) is 3.13. The van der Waals surface area contributed by atoms with E-state index >= 15 is 0 Å². The maximum atomic E-state index is 12.3. The summed E-state index contributed by atoms with van der Waals surface area (Å²) >= 11 is 0. The largest absolute Gasteiger partial charge is 0.465 e. The third-order valence-corrected chi connectivity index (χ3v) is 6.71. The fourth-order valence-corrected chi connectivity index (χ4v) is 4.86. The molecule has 3 heterocycles. The highest BCUT2D eigenvalue weighted by Gasteiger charge is 2.29. The van der Waals surface area contributed by atoms with E-state index < -0.39 is 5.60 Å². The zero-order valence-electron chi connectivity index (χ0n) is 21.0. The Kier molecular flexibility index (Phi) is 7.02. The average Bonchev–Trinajstić information content (AvgIpc) is 3.14. The molecule has 34 heavy (non-hydrogen) atoms. The molecule has 0 spiro atoms. The summed E-state index contributed by atoms with van der Waals surface area (Å²) in [6, 6.07) is 5.61. The van der Waals surface area contributed by atoms with Gasteiger partial charge in [-0.1, -0.05) is 0 Å². The lowest BCUT2D eigenvalue weighted by Crippen LogP contribution is -2.51. The number of rotatable bonds is 4. The molecule has 186 valence electrons. The smallest absolute Gasteiger partial charge is 0.410 e. The van der Waals surface area contributed by atoms with Crippen LogP contribution in [0.5, 0.6) is 0 Å². The average molecular weight is 472 g/mol. The number of aryl methyl sites for hydroxylation is 1. The number of aromatic nitrogens is 2. The van der Waals surface area contributed by atoms with Gasteiger partial charge < -0.3 is 19.3 Å². The molecule has 2 aromatic rings. The van der Waals surface area contributed by atoms with E-state index in [4.69, 9.17) is 14.6 Å². The van der Waals surface area contributed by atoms with Crippen molar-refractivity contribution >= 4 is 28.8 Å². The van der Waals surface area contributed by atoms with E-state index in [2.05, 4.69) is 9.80 Å². The minimum Gasteiger partial charge on any atom is -0.465 e. The summed E-state index contributed by atoms with van der Waals surface area (Å²) in [6.07, 6.45) is 1.99. The number of hydrogen-bond acceptors (Lipinski definition) is 7. The van der Waals surface area contributed by atoms with Gasteiger partial charge >= 0.3 is 12.1 Å². The molecule has 1 aromatic carbocycles. The van der Waals surface area contributed by atoms with Crippen molar-refractivity contribution in [3.05, 3.63) is 23.8 Å². The van der Waals surface area contributed by atoms with Gasteiger partial charge in [0.1, 0.15) is 5.60 Å². The number of hydrogen-bond donors (Lipinski definition) is 0. The quantitative estimate of drug-likeness (QED) is 0.634. The van der Waals surface area contributed by atoms with Crippen molar-refractivity contribution in [2.75, 3.05) is 57.8 Å². The molecule has 4 rings (SSSR count). The molecule has 0 saturated carbocycles. The lowest BCUT2D eigenvalue weighted by Gasteiger charge is -2.39. The molecule has 9 nitrogen and oxygen atoms in total. The first kappa shape index (κ1) is 24.3. The van der Waals surface area contributed by atoms with Gasteiger partial charge in [0, 0.05) is 58.2 Å². The van der Waals surface area contributed by atoms with Crippen molar-refractivity contribution in [3.63, 3.8) is 0 Å². The Morgan fingerprint density at radius 3 is 2.35 bits per heavy atom. The topological polar surface area (TPSA) is 80.1 Å². The standard InChI is InChI=1S/C25H37N5O4/c1-25(2,3)34-24(32)30-14-12-28(13-15-30)17-18-8-10-29(11-9-18)22-20-16-19(23(31)33-5)6-7-21(20)27(4)26-22/h6-7,16,18H,8-15,17H2,1-5H3. The molecule has 0 N–H and O–H groups in total. The van der Waals surface area contributed by atoms with E-state index in [0.29, 0.717) is 11.5 Å². The molecule has 0 unspecified atom stereocenters. The van der Waals surface area contributed by atoms with Crippen molar-refractivity contribution in [1.82, 2.24) is 19.6 Å². The highest BCUT2D eigenvalue weighted by atomic mass is 16.6. The molecular weight excluding hydrogens is 434 g/mol. The fraction of sp³-hybridized carbons (Fsp3) is 0.640. The van der Waals surface area contributed by atoms with Gasteiger partial charge in [-0.15, -0.1) is 0 Å². The summed E-state index contributed by atoms with van der Waals surface area (Å²) in [5, 5.41) is 5.75. The van der Waals surface area contributed by atoms with Crippen LogP contribution in [0.2, 0.25) is 0 Å². The third-order valence-electron chi connectivity index (χ3n) is 6.71. The monoisotopic (exact) mass is 471 g/mol. The number of fused-ring (bicyclic) bond motifs is 1. The van der Waals surface area contributed by atoms with E-state index in [1.807, 2.05) is 49.5 Å². The summed E-state index contributed by atoms with van der Waals surface area (Å²) in [7, 11) is 3.34. The summed E-state index contributed by atoms with van der Waals surface area (Å²) in [4.78, 5) is 30.9. The van der Waals surface area contributed by atoms with Gasteiger partial charge in [0.05, 0.1) is 18.2 Å². The summed E-state index contributed by atoms with van der Waals surface area (Å²) in [5.74, 6) is 1.24. The molecule has 1 amide bonds. The number of esters is 1. The van der Waals surface area contributed by atoms with Gasteiger partial charge in [-0.2, -0.15) is 5.10 Å². The number of benzene rings is 1. The van der Waals surface area contributed by atoms with E-state index in [9.17, 15) is 9.59 Å². The lowest BCUT2D eigenvalue weighted by molar-refractivity contribution is 0.0130. The van der Waals surface area contributed by atoms with E-state index in [0.717, 1.165) is 75.4 Å². The van der Waals surface area contributed by atoms with Crippen molar-refractivity contribution in [3.8, 4) is 0 Å². The van der Waals surface area contributed by atoms with Crippen LogP contribution < -0.4 is 4.90 Å². The number of piperazine rings is 1. The molecule has 9 heteroatoms. The zero-order valence-corrected chi connectivity index (χ0v) is 21.0. The first-order valence-electron chi connectivity index (χ1n) is 12.1. The number of piperidine rings is 1. The molecule has 0 atom stereocenters. The third kappa shape index (κ3) is 5.46. The van der Waals surface area contributed by atoms with E-state index in [1.165, 1.54) is 7.11 Å². The Labute approximate surface area is 201 Å². The van der Waals surface area contributed by atoms with Gasteiger partial charge in [-0.25, -0.2) is 9.59 Å². The maximum Gasteiger partial charge on any atom is 0.410 e. The van der Waals surface area contributed by atoms with Crippen LogP contribution in [0.1, 0.15) is 44.0 Å². The Hall–Kier alpha value is -2.81. The van der Waals surface area contributed by atoms with Gasteiger partial charge in [0.15, 0.2) is 5.82 Å². The number of methoxy groups -OCH3 is 1. The van der Waals surface area contributed by atoms with E-state index in [1.54, 1.807) is 6.07 Å². The second-order valence-electron chi connectivity index (χ2n) is 10.4. The second kappa shape index (κ2) is 9.82. The highest BCUT2D eigenvalue weighted by Crippen LogP contribution is 2.30. The molecule has 2 aliphatic heterocycles. The summed E-state index contributed by atoms with van der Waals surface area (Å²) in [6.45, 7) is 11.9. The Morgan fingerprint density at radius 2 is 1.74 bits per heavy atom. The molecular formula is C25H37N5O4. The van der Waals surface area contributed by atoms with Crippen LogP contribution in [0.4, 0.5) is 10.6 Å². The van der Waals surface area contributed by atoms with Crippen LogP contribution in [0.25, 0.3) is 10.9 Å². The molecule has 0 aliphatic carbocycles. The molecule has 0 radical (unpaired) electrons. The minimum atomic E-state index is -0.456. The Bertz CT molecular complexity index is 1030. The van der Waals surface area contributed by atoms with Crippen LogP contribution in [0, 0.1) is 5.92 Å². The van der Waals surface area contributed by atoms with E-state index in [-0.39, 0.29) is 12.1 Å². The Morgan fingerprint density at radius 1 is 1.06 bits per heavy atom. The number of ether oxygens (including phenoxy) is 2. The molecule has 2 saturated heterocycles. The van der Waals surface area contributed by atoms with Crippen molar-refractivity contribution in [2.45, 2.75) is 39.2 Å². The number of amides is 1. The van der Waals surface area contributed by atoms with Crippen LogP contribution in [-0.2, 0) is 16.5 Å². The number of nitrogens with zero attached hydrogens (tertiary/aromatic N) is 5. The molecule has 2 fully saturated rings. The Balaban J connectivity index is 1.31. The molecule has 0 bridgehead atoms. The SMILES string of the molecule is COC(=O)c1ccc2c(c1)c(N1CCC(CN3CCN(C(=O)OC(C)(C)C)CC3)CC1)nn2C. The number of carbonyl (C=O) groups is 2. The first-order valence-corrected chi connectivity index (χ1v) is 12.1. The summed E-state index contributed by atoms with van der Waals surface area (Å²) < 4.78 is 12.3. The van der Waals surface area contributed by atoms with Crippen LogP contribution in [0.15, 0.2) is 18.2 Å². The maximum absolute atomic E-state index is 12.3. The molecule has 2 aliphatic rings. The highest BCUT2D eigenvalue weighted by molar-refractivity contribution is 5.98. The lowest BCUT2D eigenvalue weighted by atomic mass is 9.95. The minimum absolute atomic E-state index is 0.210. The normalized spacial score (nSPS) is 18.4. The van der Waals surface area contributed by atoms with Crippen LogP contribution in [-0.4, -0.2) is 90.2 Å². The van der Waals surface area contributed by atoms with Crippen molar-refractivity contribution in [2.24, 2.45) is 13.0 Å². The number of anilines is 1. The molecule has 1 aromatic heterocycles. The fourth-order valence-electron chi connectivity index (χ4n) is 4.86. The van der Waals surface area contributed by atoms with Gasteiger partial charge in [0.2, 0.25) is 0 Å². The van der Waals surface area contributed by atoms with Crippen LogP contribution in [0.3, 0.4) is 0 Å². The second-order valence-corrected chi connectivity index (χ2v) is 10.4. The van der Waals surface area contributed by atoms with Gasteiger partial charge in [-0.3, -0.25) is 9.58 Å². The zero-order chi connectivity index (χ0) is 24.5. The van der Waals surface area contributed by atoms with Crippen LogP contribution >= 0.6 is 0 Å². The van der Waals surface area contributed by atoms with Crippen molar-refractivity contribution < 1.29 is 19.1 Å².